The van der Waals surface area contributed by atoms with Crippen molar-refractivity contribution in [1.29, 1.82) is 0 Å². The van der Waals surface area contributed by atoms with E-state index in [1.165, 1.54) is 0 Å². The molecule has 1 amide bonds. The van der Waals surface area contributed by atoms with E-state index in [9.17, 15) is 4.79 Å². The summed E-state index contributed by atoms with van der Waals surface area (Å²) in [5, 5.41) is 0. The number of benzene rings is 1. The molecule has 0 saturated carbocycles. The molecule has 1 rings (SSSR count). The van der Waals surface area contributed by atoms with Gasteiger partial charge in [-0.15, -0.1) is 0 Å². The number of hydrogen-bond acceptors (Lipinski definition) is 2. The number of allylic oxidation sites excluding steroid dienone is 1. The lowest BCUT2D eigenvalue weighted by Crippen LogP contribution is -2.27. The van der Waals surface area contributed by atoms with E-state index in [0.717, 1.165) is 11.1 Å². The van der Waals surface area contributed by atoms with Crippen LogP contribution in [-0.4, -0.2) is 24.1 Å². The third-order valence-electron chi connectivity index (χ3n) is 2.82. The third-order valence-corrected chi connectivity index (χ3v) is 2.82. The number of aliphatic imine (C=N–C) groups is 1. The second kappa shape index (κ2) is 6.69. The highest BCUT2D eigenvalue weighted by atomic mass is 16.2. The van der Waals surface area contributed by atoms with Crippen molar-refractivity contribution < 1.29 is 4.79 Å². The van der Waals surface area contributed by atoms with Crippen LogP contribution in [-0.2, 0) is 0 Å². The Labute approximate surface area is 115 Å². The van der Waals surface area contributed by atoms with Gasteiger partial charge >= 0.3 is 0 Å². The predicted octanol–water partition coefficient (Wildman–Crippen LogP) is 3.58. The zero-order valence-corrected chi connectivity index (χ0v) is 12.0. The van der Waals surface area contributed by atoms with Gasteiger partial charge in [-0.05, 0) is 38.0 Å². The molecule has 0 atom stereocenters. The Morgan fingerprint density at radius 1 is 1.37 bits per heavy atom. The average molecular weight is 256 g/mol. The predicted molar refractivity (Wildman–Crippen MR) is 80.3 cm³/mol. The second-order valence-electron chi connectivity index (χ2n) is 4.38. The van der Waals surface area contributed by atoms with Gasteiger partial charge in [-0.1, -0.05) is 24.8 Å². The topological polar surface area (TPSA) is 32.7 Å². The van der Waals surface area contributed by atoms with Gasteiger partial charge in [0.1, 0.15) is 0 Å². The summed E-state index contributed by atoms with van der Waals surface area (Å²) in [5.41, 5.74) is 3.17. The van der Waals surface area contributed by atoms with E-state index in [2.05, 4.69) is 11.6 Å². The summed E-state index contributed by atoms with van der Waals surface area (Å²) >= 11 is 0. The maximum Gasteiger partial charge on any atom is 0.258 e. The Morgan fingerprint density at radius 3 is 2.53 bits per heavy atom. The van der Waals surface area contributed by atoms with Crippen LogP contribution in [0.15, 0.2) is 53.3 Å². The molecule has 0 aliphatic heterocycles. The lowest BCUT2D eigenvalue weighted by atomic mass is 10.1. The van der Waals surface area contributed by atoms with Gasteiger partial charge in [0.25, 0.3) is 5.91 Å². The summed E-state index contributed by atoms with van der Waals surface area (Å²) < 4.78 is 0. The normalized spacial score (nSPS) is 11.7. The molecular weight excluding hydrogens is 236 g/mol. The van der Waals surface area contributed by atoms with Gasteiger partial charge in [-0.3, -0.25) is 9.79 Å². The van der Waals surface area contributed by atoms with Crippen molar-refractivity contribution in [3.8, 4) is 0 Å². The summed E-state index contributed by atoms with van der Waals surface area (Å²) in [6, 6.07) is 7.54. The number of nitrogens with zero attached hydrogens (tertiary/aromatic N) is 2. The minimum atomic E-state index is -0.0568. The fourth-order valence-electron chi connectivity index (χ4n) is 1.73. The molecule has 0 heterocycles. The molecule has 0 aliphatic rings. The van der Waals surface area contributed by atoms with Crippen LogP contribution >= 0.6 is 0 Å². The molecule has 0 bridgehead atoms. The van der Waals surface area contributed by atoms with Crippen LogP contribution in [0.25, 0.3) is 0 Å². The minimum absolute atomic E-state index is 0.0568. The Hall–Kier alpha value is -2.16. The molecule has 1 aromatic rings. The largest absolute Gasteiger partial charge is 0.310 e. The maximum atomic E-state index is 12.5. The van der Waals surface area contributed by atoms with Gasteiger partial charge in [0.15, 0.2) is 0 Å². The Balaban J connectivity index is 3.11. The number of carbonyl (C=O) groups excluding carboxylic acids is 1. The van der Waals surface area contributed by atoms with Crippen molar-refractivity contribution in [1.82, 2.24) is 4.90 Å². The molecule has 19 heavy (non-hydrogen) atoms. The zero-order valence-electron chi connectivity index (χ0n) is 12.0. The maximum absolute atomic E-state index is 12.5. The first-order valence-electron chi connectivity index (χ1n) is 6.16. The standard InChI is InChI=1S/C16H20N2O/c1-6-17-11-15(12(2)3)18(5)16(19)14-10-8-7-9-13(14)4/h6-11H,2H2,1,3-5H3/b15-11+,17-6-. The lowest BCUT2D eigenvalue weighted by molar-refractivity contribution is 0.0838. The molecule has 0 fully saturated rings. The van der Waals surface area contributed by atoms with E-state index in [0.29, 0.717) is 11.3 Å². The summed E-state index contributed by atoms with van der Waals surface area (Å²) in [4.78, 5) is 18.1. The number of aryl methyl sites for hydroxylation is 1. The molecular formula is C16H20N2O. The van der Waals surface area contributed by atoms with E-state index in [1.807, 2.05) is 45.0 Å². The van der Waals surface area contributed by atoms with Gasteiger partial charge in [0.05, 0.1) is 11.9 Å². The minimum Gasteiger partial charge on any atom is -0.310 e. The lowest BCUT2D eigenvalue weighted by Gasteiger charge is -2.21. The van der Waals surface area contributed by atoms with E-state index in [1.54, 1.807) is 24.4 Å². The van der Waals surface area contributed by atoms with Crippen LogP contribution in [0, 0.1) is 6.92 Å². The Bertz CT molecular complexity index is 541. The molecule has 0 N–H and O–H groups in total. The van der Waals surface area contributed by atoms with E-state index >= 15 is 0 Å². The van der Waals surface area contributed by atoms with Gasteiger partial charge in [0.2, 0.25) is 0 Å². The highest BCUT2D eigenvalue weighted by molar-refractivity contribution is 5.96. The third kappa shape index (κ3) is 3.65. The molecule has 100 valence electrons. The number of likely N-dealkylation sites (N-methyl/N-ethyl adjacent to an activating group) is 1. The van der Waals surface area contributed by atoms with E-state index in [-0.39, 0.29) is 5.91 Å². The first kappa shape index (κ1) is 14.9. The molecule has 0 spiro atoms. The van der Waals surface area contributed by atoms with Crippen LogP contribution in [0.2, 0.25) is 0 Å². The highest BCUT2D eigenvalue weighted by Crippen LogP contribution is 2.17. The molecule has 0 aromatic heterocycles. The monoisotopic (exact) mass is 256 g/mol. The van der Waals surface area contributed by atoms with Crippen LogP contribution in [0.5, 0.6) is 0 Å². The fourth-order valence-corrected chi connectivity index (χ4v) is 1.73. The SMILES string of the molecule is C=C(C)/C(=C\N=C/C)N(C)C(=O)c1ccccc1C. The van der Waals surface area contributed by atoms with Crippen LogP contribution in [0.3, 0.4) is 0 Å². The van der Waals surface area contributed by atoms with Gasteiger partial charge < -0.3 is 4.90 Å². The Kier molecular flexibility index (Phi) is 5.24. The summed E-state index contributed by atoms with van der Waals surface area (Å²) in [7, 11) is 1.74. The summed E-state index contributed by atoms with van der Waals surface area (Å²) in [5.74, 6) is -0.0568. The van der Waals surface area contributed by atoms with Crippen LogP contribution < -0.4 is 0 Å². The summed E-state index contributed by atoms with van der Waals surface area (Å²) in [6.45, 7) is 9.51. The molecule has 3 heteroatoms. The quantitative estimate of drug-likeness (QED) is 0.598. The highest BCUT2D eigenvalue weighted by Gasteiger charge is 2.17. The van der Waals surface area contributed by atoms with Crippen LogP contribution in [0.1, 0.15) is 29.8 Å². The first-order chi connectivity index (χ1) is 8.99. The van der Waals surface area contributed by atoms with Crippen molar-refractivity contribution in [3.63, 3.8) is 0 Å². The number of carbonyl (C=O) groups is 1. The summed E-state index contributed by atoms with van der Waals surface area (Å²) in [6.07, 6.45) is 3.33. The molecule has 0 aliphatic carbocycles. The van der Waals surface area contributed by atoms with Crippen molar-refractivity contribution in [2.24, 2.45) is 4.99 Å². The second-order valence-corrected chi connectivity index (χ2v) is 4.38. The van der Waals surface area contributed by atoms with E-state index in [4.69, 9.17) is 0 Å². The number of hydrogen-bond donors (Lipinski definition) is 0. The Morgan fingerprint density at radius 2 is 2.00 bits per heavy atom. The molecule has 3 nitrogen and oxygen atoms in total. The molecule has 0 saturated heterocycles. The zero-order chi connectivity index (χ0) is 14.4. The number of amides is 1. The molecule has 0 unspecified atom stereocenters. The molecule has 0 radical (unpaired) electrons. The van der Waals surface area contributed by atoms with Gasteiger partial charge in [-0.25, -0.2) is 0 Å². The van der Waals surface area contributed by atoms with Crippen molar-refractivity contribution in [3.05, 3.63) is 59.4 Å². The van der Waals surface area contributed by atoms with Crippen molar-refractivity contribution >= 4 is 12.1 Å². The number of rotatable bonds is 4. The first-order valence-corrected chi connectivity index (χ1v) is 6.16. The van der Waals surface area contributed by atoms with Crippen molar-refractivity contribution in [2.75, 3.05) is 7.05 Å². The fraction of sp³-hybridized carbons (Fsp3) is 0.250. The smallest absolute Gasteiger partial charge is 0.258 e. The van der Waals surface area contributed by atoms with Crippen molar-refractivity contribution in [2.45, 2.75) is 20.8 Å². The molecule has 1 aromatic carbocycles. The average Bonchev–Trinajstić information content (AvgIpc) is 2.38. The van der Waals surface area contributed by atoms with Gasteiger partial charge in [0, 0.05) is 18.8 Å². The van der Waals surface area contributed by atoms with Gasteiger partial charge in [-0.2, -0.15) is 0 Å². The van der Waals surface area contributed by atoms with Crippen LogP contribution in [0.4, 0.5) is 0 Å². The van der Waals surface area contributed by atoms with E-state index < -0.39 is 0 Å².